The first-order valence-electron chi connectivity index (χ1n) is 5.88. The standard InChI is InChI=1S/C10H19N5O2S/c1-14(2)7-8-4-3-5-15(8)18(16,17)9-6-12-13-10(9)11/h6,8H,3-5,7H2,1-2H3,(H3,11,12,13). The second-order valence-corrected chi connectivity index (χ2v) is 6.68. The number of nitrogens with two attached hydrogens (primary N) is 1. The summed E-state index contributed by atoms with van der Waals surface area (Å²) in [6.45, 7) is 1.27. The van der Waals surface area contributed by atoms with Crippen molar-refractivity contribution in [2.75, 3.05) is 32.9 Å². The highest BCUT2D eigenvalue weighted by atomic mass is 32.2. The Bertz CT molecular complexity index is 510. The Morgan fingerprint density at radius 3 is 2.89 bits per heavy atom. The Balaban J connectivity index is 2.27. The van der Waals surface area contributed by atoms with Gasteiger partial charge >= 0.3 is 0 Å². The fraction of sp³-hybridized carbons (Fsp3) is 0.700. The third-order valence-electron chi connectivity index (χ3n) is 3.12. The average molecular weight is 273 g/mol. The van der Waals surface area contributed by atoms with Crippen molar-refractivity contribution < 1.29 is 8.42 Å². The first-order chi connectivity index (χ1) is 8.43. The van der Waals surface area contributed by atoms with Crippen LogP contribution in [0.4, 0.5) is 5.82 Å². The molecule has 1 aliphatic heterocycles. The normalized spacial score (nSPS) is 21.8. The summed E-state index contributed by atoms with van der Waals surface area (Å²) in [5.74, 6) is 0.102. The van der Waals surface area contributed by atoms with Gasteiger partial charge in [-0.2, -0.15) is 9.40 Å². The summed E-state index contributed by atoms with van der Waals surface area (Å²) in [4.78, 5) is 2.07. The molecule has 102 valence electrons. The van der Waals surface area contributed by atoms with E-state index < -0.39 is 10.0 Å². The second-order valence-electron chi connectivity index (χ2n) is 4.82. The van der Waals surface area contributed by atoms with Gasteiger partial charge in [-0.3, -0.25) is 5.10 Å². The molecule has 1 fully saturated rings. The Morgan fingerprint density at radius 2 is 2.33 bits per heavy atom. The van der Waals surface area contributed by atoms with Gasteiger partial charge in [-0.05, 0) is 26.9 Å². The van der Waals surface area contributed by atoms with Crippen LogP contribution in [-0.4, -0.2) is 61.0 Å². The van der Waals surface area contributed by atoms with E-state index in [-0.39, 0.29) is 16.8 Å². The lowest BCUT2D eigenvalue weighted by Crippen LogP contribution is -2.41. The fourth-order valence-electron chi connectivity index (χ4n) is 2.35. The minimum absolute atomic E-state index is 0.0132. The number of sulfonamides is 1. The molecule has 1 aromatic heterocycles. The molecule has 0 radical (unpaired) electrons. The molecule has 1 atom stereocenters. The molecule has 8 heteroatoms. The van der Waals surface area contributed by atoms with Crippen LogP contribution in [0.1, 0.15) is 12.8 Å². The Hall–Kier alpha value is -1.12. The van der Waals surface area contributed by atoms with E-state index in [0.717, 1.165) is 19.4 Å². The smallest absolute Gasteiger partial charge is 0.248 e. The molecule has 3 N–H and O–H groups in total. The van der Waals surface area contributed by atoms with Crippen molar-refractivity contribution in [3.8, 4) is 0 Å². The van der Waals surface area contributed by atoms with E-state index in [4.69, 9.17) is 5.73 Å². The van der Waals surface area contributed by atoms with Crippen LogP contribution in [0.15, 0.2) is 11.1 Å². The maximum Gasteiger partial charge on any atom is 0.248 e. The van der Waals surface area contributed by atoms with Crippen molar-refractivity contribution in [1.82, 2.24) is 19.4 Å². The minimum atomic E-state index is -3.53. The quantitative estimate of drug-likeness (QED) is 0.785. The predicted octanol–water partition coefficient (Wildman–Crippen LogP) is -0.293. The third-order valence-corrected chi connectivity index (χ3v) is 5.10. The van der Waals surface area contributed by atoms with Gasteiger partial charge in [0.1, 0.15) is 10.7 Å². The lowest BCUT2D eigenvalue weighted by Gasteiger charge is -2.26. The van der Waals surface area contributed by atoms with Crippen molar-refractivity contribution in [2.45, 2.75) is 23.8 Å². The first kappa shape index (κ1) is 13.3. The van der Waals surface area contributed by atoms with Crippen LogP contribution in [0.3, 0.4) is 0 Å². The van der Waals surface area contributed by atoms with Gasteiger partial charge in [0.25, 0.3) is 0 Å². The number of hydrogen-bond acceptors (Lipinski definition) is 5. The molecule has 0 saturated carbocycles. The highest BCUT2D eigenvalue weighted by molar-refractivity contribution is 7.89. The number of hydrogen-bond donors (Lipinski definition) is 2. The monoisotopic (exact) mass is 273 g/mol. The number of nitrogens with one attached hydrogen (secondary N) is 1. The van der Waals surface area contributed by atoms with Crippen molar-refractivity contribution in [1.29, 1.82) is 0 Å². The number of rotatable bonds is 4. The maximum atomic E-state index is 12.5. The molecule has 0 amide bonds. The van der Waals surface area contributed by atoms with Crippen LogP contribution in [0.2, 0.25) is 0 Å². The van der Waals surface area contributed by atoms with Gasteiger partial charge in [-0.25, -0.2) is 8.42 Å². The molecular weight excluding hydrogens is 254 g/mol. The number of aromatic nitrogens is 2. The summed E-state index contributed by atoms with van der Waals surface area (Å²) < 4.78 is 26.5. The average Bonchev–Trinajstić information content (AvgIpc) is 2.86. The van der Waals surface area contributed by atoms with Crippen molar-refractivity contribution in [2.24, 2.45) is 0 Å². The fourth-order valence-corrected chi connectivity index (χ4v) is 4.04. The summed E-state index contributed by atoms with van der Waals surface area (Å²) in [5.41, 5.74) is 5.61. The number of anilines is 1. The number of likely N-dealkylation sites (N-methyl/N-ethyl adjacent to an activating group) is 1. The molecule has 0 bridgehead atoms. The number of H-pyrrole nitrogens is 1. The summed E-state index contributed by atoms with van der Waals surface area (Å²) in [6.07, 6.45) is 3.04. The van der Waals surface area contributed by atoms with E-state index >= 15 is 0 Å². The van der Waals surface area contributed by atoms with Crippen LogP contribution >= 0.6 is 0 Å². The van der Waals surface area contributed by atoms with Gasteiger partial charge in [0.15, 0.2) is 0 Å². The van der Waals surface area contributed by atoms with E-state index in [1.807, 2.05) is 19.0 Å². The SMILES string of the molecule is CN(C)CC1CCCN1S(=O)(=O)c1cn[nH]c1N. The summed E-state index contributed by atoms with van der Waals surface area (Å²) in [6, 6.07) is 0.0132. The molecule has 0 spiro atoms. The second kappa shape index (κ2) is 4.87. The van der Waals surface area contributed by atoms with E-state index in [2.05, 4.69) is 10.2 Å². The van der Waals surface area contributed by atoms with E-state index in [9.17, 15) is 8.42 Å². The van der Waals surface area contributed by atoms with Crippen molar-refractivity contribution in [3.05, 3.63) is 6.20 Å². The first-order valence-corrected chi connectivity index (χ1v) is 7.32. The van der Waals surface area contributed by atoms with E-state index in [1.54, 1.807) is 0 Å². The van der Waals surface area contributed by atoms with Crippen LogP contribution in [-0.2, 0) is 10.0 Å². The van der Waals surface area contributed by atoms with Crippen LogP contribution < -0.4 is 5.73 Å². The topological polar surface area (TPSA) is 95.3 Å². The molecular formula is C10H19N5O2S. The van der Waals surface area contributed by atoms with Crippen LogP contribution in [0.25, 0.3) is 0 Å². The van der Waals surface area contributed by atoms with Gasteiger partial charge < -0.3 is 10.6 Å². The predicted molar refractivity (Wildman–Crippen MR) is 68.5 cm³/mol. The highest BCUT2D eigenvalue weighted by Crippen LogP contribution is 2.28. The molecule has 1 saturated heterocycles. The Morgan fingerprint density at radius 1 is 1.61 bits per heavy atom. The largest absolute Gasteiger partial charge is 0.383 e. The van der Waals surface area contributed by atoms with E-state index in [0.29, 0.717) is 6.54 Å². The molecule has 0 aliphatic carbocycles. The molecule has 2 rings (SSSR count). The summed E-state index contributed by atoms with van der Waals surface area (Å²) in [5, 5.41) is 6.14. The van der Waals surface area contributed by atoms with Crippen molar-refractivity contribution in [3.63, 3.8) is 0 Å². The maximum absolute atomic E-state index is 12.5. The summed E-state index contributed by atoms with van der Waals surface area (Å²) >= 11 is 0. The molecule has 2 heterocycles. The van der Waals surface area contributed by atoms with Crippen LogP contribution in [0, 0.1) is 0 Å². The summed E-state index contributed by atoms with van der Waals surface area (Å²) in [7, 11) is 0.347. The van der Waals surface area contributed by atoms with Gasteiger partial charge in [0.05, 0.1) is 6.20 Å². The number of nitrogen functional groups attached to an aromatic ring is 1. The Labute approximate surface area is 107 Å². The number of aromatic amines is 1. The van der Waals surface area contributed by atoms with Crippen LogP contribution in [0.5, 0.6) is 0 Å². The van der Waals surface area contributed by atoms with Gasteiger partial charge in [0.2, 0.25) is 10.0 Å². The minimum Gasteiger partial charge on any atom is -0.383 e. The molecule has 1 aliphatic rings. The van der Waals surface area contributed by atoms with Gasteiger partial charge in [-0.1, -0.05) is 0 Å². The molecule has 18 heavy (non-hydrogen) atoms. The lowest BCUT2D eigenvalue weighted by molar-refractivity contribution is 0.291. The molecule has 7 nitrogen and oxygen atoms in total. The zero-order valence-corrected chi connectivity index (χ0v) is 11.4. The molecule has 0 aromatic carbocycles. The number of nitrogens with zero attached hydrogens (tertiary/aromatic N) is 3. The Kier molecular flexibility index (Phi) is 3.60. The highest BCUT2D eigenvalue weighted by Gasteiger charge is 2.37. The zero-order chi connectivity index (χ0) is 13.3. The zero-order valence-electron chi connectivity index (χ0n) is 10.6. The lowest BCUT2D eigenvalue weighted by atomic mass is 10.2. The van der Waals surface area contributed by atoms with Crippen molar-refractivity contribution >= 4 is 15.8 Å². The van der Waals surface area contributed by atoms with Gasteiger partial charge in [0, 0.05) is 19.1 Å². The molecule has 1 unspecified atom stereocenters. The van der Waals surface area contributed by atoms with Gasteiger partial charge in [-0.15, -0.1) is 0 Å². The third kappa shape index (κ3) is 2.36. The molecule has 1 aromatic rings. The van der Waals surface area contributed by atoms with E-state index in [1.165, 1.54) is 10.5 Å².